The van der Waals surface area contributed by atoms with Gasteiger partial charge < -0.3 is 14.7 Å². The van der Waals surface area contributed by atoms with Gasteiger partial charge in [-0.25, -0.2) is 9.97 Å². The lowest BCUT2D eigenvalue weighted by Crippen LogP contribution is -2.37. The predicted octanol–water partition coefficient (Wildman–Crippen LogP) is 5.44. The van der Waals surface area contributed by atoms with Crippen molar-refractivity contribution in [3.63, 3.8) is 0 Å². The standard InChI is InChI=1S/C30H27N3O3/c34-25-7-3-6-24(19-25)29-26-11-8-20(16-27(26)31-30(32-29)33-12-14-36-15-13-33)17-28(35)23-10-9-21-4-1-2-5-22(21)18-23/h1-7,9-10,16,18-19,34H,8,11-15,17H2. The molecule has 36 heavy (non-hydrogen) atoms. The molecule has 1 saturated heterocycles. The van der Waals surface area contributed by atoms with Crippen LogP contribution in [0.25, 0.3) is 28.1 Å². The first-order chi connectivity index (χ1) is 17.6. The molecule has 0 saturated carbocycles. The third-order valence-corrected chi connectivity index (χ3v) is 6.94. The maximum atomic E-state index is 13.2. The van der Waals surface area contributed by atoms with Gasteiger partial charge in [0.15, 0.2) is 5.78 Å². The normalized spacial score (nSPS) is 15.4. The minimum Gasteiger partial charge on any atom is -0.508 e. The van der Waals surface area contributed by atoms with Crippen molar-refractivity contribution in [2.45, 2.75) is 19.3 Å². The summed E-state index contributed by atoms with van der Waals surface area (Å²) < 4.78 is 5.51. The molecular weight excluding hydrogens is 450 g/mol. The molecule has 0 radical (unpaired) electrons. The van der Waals surface area contributed by atoms with Gasteiger partial charge >= 0.3 is 0 Å². The molecule has 0 unspecified atom stereocenters. The second-order valence-corrected chi connectivity index (χ2v) is 9.35. The number of carbonyl (C=O) groups excluding carboxylic acids is 1. The number of aromatic hydroxyl groups is 1. The van der Waals surface area contributed by atoms with Crippen molar-refractivity contribution in [1.29, 1.82) is 0 Å². The highest BCUT2D eigenvalue weighted by Crippen LogP contribution is 2.35. The highest BCUT2D eigenvalue weighted by Gasteiger charge is 2.23. The fourth-order valence-electron chi connectivity index (χ4n) is 5.01. The number of carbonyl (C=O) groups is 1. The van der Waals surface area contributed by atoms with Gasteiger partial charge in [0, 0.05) is 36.2 Å². The summed E-state index contributed by atoms with van der Waals surface area (Å²) in [7, 11) is 0. The van der Waals surface area contributed by atoms with Gasteiger partial charge in [0.05, 0.1) is 24.6 Å². The van der Waals surface area contributed by atoms with Gasteiger partial charge in [-0.15, -0.1) is 0 Å². The summed E-state index contributed by atoms with van der Waals surface area (Å²) >= 11 is 0. The zero-order chi connectivity index (χ0) is 24.5. The van der Waals surface area contributed by atoms with Crippen molar-refractivity contribution in [3.05, 3.63) is 89.1 Å². The van der Waals surface area contributed by atoms with Crippen molar-refractivity contribution < 1.29 is 14.6 Å². The van der Waals surface area contributed by atoms with Crippen LogP contribution in [0.4, 0.5) is 5.95 Å². The van der Waals surface area contributed by atoms with Crippen LogP contribution in [0.3, 0.4) is 0 Å². The van der Waals surface area contributed by atoms with Gasteiger partial charge in [-0.05, 0) is 47.9 Å². The van der Waals surface area contributed by atoms with Crippen molar-refractivity contribution in [2.75, 3.05) is 31.2 Å². The zero-order valence-electron chi connectivity index (χ0n) is 20.0. The van der Waals surface area contributed by atoms with Gasteiger partial charge in [0.25, 0.3) is 0 Å². The van der Waals surface area contributed by atoms with Crippen molar-refractivity contribution in [1.82, 2.24) is 9.97 Å². The number of hydrogen-bond donors (Lipinski definition) is 1. The Bertz CT molecular complexity index is 1490. The van der Waals surface area contributed by atoms with Gasteiger partial charge in [0.2, 0.25) is 5.95 Å². The fraction of sp³-hybridized carbons (Fsp3) is 0.233. The smallest absolute Gasteiger partial charge is 0.226 e. The van der Waals surface area contributed by atoms with Gasteiger partial charge in [-0.1, -0.05) is 54.1 Å². The van der Waals surface area contributed by atoms with Crippen LogP contribution in [-0.2, 0) is 11.2 Å². The van der Waals surface area contributed by atoms with E-state index in [1.165, 1.54) is 0 Å². The van der Waals surface area contributed by atoms with E-state index in [4.69, 9.17) is 14.7 Å². The topological polar surface area (TPSA) is 75.6 Å². The largest absolute Gasteiger partial charge is 0.508 e. The molecule has 1 aromatic heterocycles. The predicted molar refractivity (Wildman–Crippen MR) is 141 cm³/mol. The van der Waals surface area contributed by atoms with Crippen LogP contribution < -0.4 is 4.90 Å². The molecule has 0 atom stereocenters. The molecule has 1 aliphatic carbocycles. The number of ether oxygens (including phenoxy) is 1. The summed E-state index contributed by atoms with van der Waals surface area (Å²) in [5, 5.41) is 12.3. The van der Waals surface area contributed by atoms with E-state index in [9.17, 15) is 9.90 Å². The minimum atomic E-state index is 0.117. The second kappa shape index (κ2) is 9.55. The molecule has 2 aliphatic rings. The molecule has 0 spiro atoms. The Kier molecular flexibility index (Phi) is 5.95. The molecule has 6 rings (SSSR count). The monoisotopic (exact) mass is 477 g/mol. The Morgan fingerprint density at radius 2 is 1.75 bits per heavy atom. The molecule has 2 heterocycles. The second-order valence-electron chi connectivity index (χ2n) is 9.35. The van der Waals surface area contributed by atoms with Crippen molar-refractivity contribution in [3.8, 4) is 17.0 Å². The third-order valence-electron chi connectivity index (χ3n) is 6.94. The summed E-state index contributed by atoms with van der Waals surface area (Å²) in [6.45, 7) is 2.75. The van der Waals surface area contributed by atoms with E-state index in [1.807, 2.05) is 48.5 Å². The van der Waals surface area contributed by atoms with Crippen LogP contribution in [0.5, 0.6) is 5.75 Å². The molecule has 0 bridgehead atoms. The number of phenolic OH excluding ortho intramolecular Hbond substituents is 1. The van der Waals surface area contributed by atoms with Crippen LogP contribution in [0.15, 0.2) is 72.3 Å². The zero-order valence-corrected chi connectivity index (χ0v) is 20.0. The number of morpholine rings is 1. The third kappa shape index (κ3) is 4.48. The molecule has 3 aromatic carbocycles. The number of rotatable bonds is 5. The van der Waals surface area contributed by atoms with E-state index < -0.39 is 0 Å². The van der Waals surface area contributed by atoms with E-state index in [2.05, 4.69) is 17.0 Å². The number of Topliss-reactive ketones (excluding diaryl/α,β-unsaturated/α-hetero) is 1. The quantitative estimate of drug-likeness (QED) is 0.386. The Balaban J connectivity index is 1.35. The molecule has 0 amide bonds. The lowest BCUT2D eigenvalue weighted by Gasteiger charge is -2.28. The molecule has 6 nitrogen and oxygen atoms in total. The summed E-state index contributed by atoms with van der Waals surface area (Å²) in [6.07, 6.45) is 3.96. The van der Waals surface area contributed by atoms with Crippen LogP contribution in [0.1, 0.15) is 34.5 Å². The Morgan fingerprint density at radius 3 is 2.58 bits per heavy atom. The van der Waals surface area contributed by atoms with Gasteiger partial charge in [-0.3, -0.25) is 4.79 Å². The fourth-order valence-corrected chi connectivity index (χ4v) is 5.01. The number of fused-ring (bicyclic) bond motifs is 2. The lowest BCUT2D eigenvalue weighted by atomic mass is 9.89. The number of ketones is 1. The number of anilines is 1. The highest BCUT2D eigenvalue weighted by atomic mass is 16.5. The molecule has 6 heteroatoms. The van der Waals surface area contributed by atoms with E-state index >= 15 is 0 Å². The van der Waals surface area contributed by atoms with Gasteiger partial charge in [0.1, 0.15) is 5.75 Å². The highest BCUT2D eigenvalue weighted by molar-refractivity contribution is 6.01. The summed E-state index contributed by atoms with van der Waals surface area (Å²) in [5.74, 6) is 0.987. The average Bonchev–Trinajstić information content (AvgIpc) is 2.92. The molecular formula is C30H27N3O3. The van der Waals surface area contributed by atoms with Crippen LogP contribution in [0, 0.1) is 0 Å². The lowest BCUT2D eigenvalue weighted by molar-refractivity contribution is 0.0992. The van der Waals surface area contributed by atoms with Crippen LogP contribution in [-0.4, -0.2) is 47.2 Å². The summed E-state index contributed by atoms with van der Waals surface area (Å²) in [6, 6.07) is 21.2. The first-order valence-corrected chi connectivity index (χ1v) is 12.4. The Labute approximate surface area is 209 Å². The van der Waals surface area contributed by atoms with Crippen molar-refractivity contribution >= 4 is 28.6 Å². The first kappa shape index (κ1) is 22.4. The number of allylic oxidation sites excluding steroid dienone is 1. The van der Waals surface area contributed by atoms with Crippen LogP contribution in [0.2, 0.25) is 0 Å². The van der Waals surface area contributed by atoms with E-state index in [0.717, 1.165) is 70.4 Å². The minimum absolute atomic E-state index is 0.117. The SMILES string of the molecule is O=C(CC1=Cc2nc(N3CCOCC3)nc(-c3cccc(O)c3)c2CC1)c1ccc2ccccc2c1. The average molecular weight is 478 g/mol. The maximum absolute atomic E-state index is 13.2. The van der Waals surface area contributed by atoms with Crippen molar-refractivity contribution in [2.24, 2.45) is 0 Å². The number of benzene rings is 3. The molecule has 4 aromatic rings. The van der Waals surface area contributed by atoms with E-state index in [0.29, 0.717) is 25.6 Å². The summed E-state index contributed by atoms with van der Waals surface area (Å²) in [4.78, 5) is 25.2. The number of aromatic nitrogens is 2. The van der Waals surface area contributed by atoms with E-state index in [1.54, 1.807) is 12.1 Å². The molecule has 1 N–H and O–H groups in total. The first-order valence-electron chi connectivity index (χ1n) is 12.4. The summed E-state index contributed by atoms with van der Waals surface area (Å²) in [5.41, 5.74) is 5.43. The Morgan fingerprint density at radius 1 is 0.917 bits per heavy atom. The maximum Gasteiger partial charge on any atom is 0.226 e. The number of hydrogen-bond acceptors (Lipinski definition) is 6. The molecule has 1 aliphatic heterocycles. The Hall–Kier alpha value is -4.03. The number of phenols is 1. The van der Waals surface area contributed by atoms with Crippen LogP contribution >= 0.6 is 0 Å². The van der Waals surface area contributed by atoms with Gasteiger partial charge in [-0.2, -0.15) is 0 Å². The number of nitrogens with zero attached hydrogens (tertiary/aromatic N) is 3. The molecule has 1 fully saturated rings. The molecule has 180 valence electrons. The van der Waals surface area contributed by atoms with E-state index in [-0.39, 0.29) is 11.5 Å².